The van der Waals surface area contributed by atoms with Gasteiger partial charge >= 0.3 is 6.09 Å². The standard InChI is InChI=1S/C14H13ClN2O3/c1-2-6-17(14(19)20)12(8-18)9-7-16-11-5-3-4-10(15)13(9)11/h2-5,7-8,12,16H,1,6H2,(H,19,20). The van der Waals surface area contributed by atoms with Gasteiger partial charge in [0.15, 0.2) is 0 Å². The topological polar surface area (TPSA) is 73.4 Å². The van der Waals surface area contributed by atoms with E-state index in [9.17, 15) is 14.7 Å². The molecule has 1 atom stereocenters. The minimum absolute atomic E-state index is 0.0515. The number of benzene rings is 1. The maximum atomic E-state index is 11.4. The highest BCUT2D eigenvalue weighted by atomic mass is 35.5. The number of hydrogen-bond donors (Lipinski definition) is 2. The molecule has 5 nitrogen and oxygen atoms in total. The number of halogens is 1. The Morgan fingerprint density at radius 1 is 1.55 bits per heavy atom. The molecule has 0 saturated carbocycles. The van der Waals surface area contributed by atoms with Crippen LogP contribution in [0.25, 0.3) is 10.9 Å². The van der Waals surface area contributed by atoms with E-state index in [-0.39, 0.29) is 6.54 Å². The predicted octanol–water partition coefficient (Wildman–Crippen LogP) is 3.23. The number of aldehydes is 1. The summed E-state index contributed by atoms with van der Waals surface area (Å²) in [6, 6.07) is 4.35. The highest BCUT2D eigenvalue weighted by Gasteiger charge is 2.26. The Bertz CT molecular complexity index is 665. The van der Waals surface area contributed by atoms with E-state index in [0.29, 0.717) is 22.3 Å². The predicted molar refractivity (Wildman–Crippen MR) is 77.0 cm³/mol. The number of hydrogen-bond acceptors (Lipinski definition) is 2. The van der Waals surface area contributed by atoms with Crippen LogP contribution in [0.5, 0.6) is 0 Å². The molecule has 1 amide bonds. The van der Waals surface area contributed by atoms with E-state index < -0.39 is 12.1 Å². The van der Waals surface area contributed by atoms with Crippen LogP contribution in [0, 0.1) is 0 Å². The van der Waals surface area contributed by atoms with Crippen LogP contribution < -0.4 is 0 Å². The summed E-state index contributed by atoms with van der Waals surface area (Å²) in [6.07, 6.45) is 2.43. The number of aromatic amines is 1. The molecule has 1 unspecified atom stereocenters. The van der Waals surface area contributed by atoms with Crippen LogP contribution in [0.1, 0.15) is 11.6 Å². The summed E-state index contributed by atoms with van der Waals surface area (Å²) in [5.41, 5.74) is 1.29. The maximum absolute atomic E-state index is 11.4. The Morgan fingerprint density at radius 2 is 2.30 bits per heavy atom. The van der Waals surface area contributed by atoms with Crippen molar-refractivity contribution in [1.29, 1.82) is 0 Å². The molecule has 0 radical (unpaired) electrons. The summed E-state index contributed by atoms with van der Waals surface area (Å²) < 4.78 is 0. The molecule has 104 valence electrons. The van der Waals surface area contributed by atoms with Crippen LogP contribution in [0.4, 0.5) is 4.79 Å². The number of carboxylic acid groups (broad SMARTS) is 1. The lowest BCUT2D eigenvalue weighted by Crippen LogP contribution is -2.34. The molecule has 1 aromatic carbocycles. The number of carbonyl (C=O) groups excluding carboxylic acids is 1. The largest absolute Gasteiger partial charge is 0.465 e. The first-order chi connectivity index (χ1) is 9.60. The van der Waals surface area contributed by atoms with Crippen molar-refractivity contribution in [3.8, 4) is 0 Å². The first kappa shape index (κ1) is 14.1. The number of amides is 1. The van der Waals surface area contributed by atoms with Gasteiger partial charge in [0.05, 0.1) is 5.02 Å². The molecular weight excluding hydrogens is 280 g/mol. The average Bonchev–Trinajstić information content (AvgIpc) is 2.84. The van der Waals surface area contributed by atoms with Crippen LogP contribution in [0.2, 0.25) is 5.02 Å². The SMILES string of the molecule is C=CCN(C(=O)O)C(C=O)c1c[nH]c2cccc(Cl)c12. The van der Waals surface area contributed by atoms with E-state index in [1.807, 2.05) is 6.07 Å². The van der Waals surface area contributed by atoms with E-state index in [1.54, 1.807) is 18.3 Å². The fraction of sp³-hybridized carbons (Fsp3) is 0.143. The van der Waals surface area contributed by atoms with Gasteiger partial charge in [-0.05, 0) is 12.1 Å². The molecular formula is C14H13ClN2O3. The average molecular weight is 293 g/mol. The number of fused-ring (bicyclic) bond motifs is 1. The van der Waals surface area contributed by atoms with Gasteiger partial charge in [0.25, 0.3) is 0 Å². The van der Waals surface area contributed by atoms with Gasteiger partial charge in [-0.3, -0.25) is 4.90 Å². The Morgan fingerprint density at radius 3 is 2.90 bits per heavy atom. The Labute approximate surface area is 120 Å². The van der Waals surface area contributed by atoms with Crippen molar-refractivity contribution in [3.63, 3.8) is 0 Å². The molecule has 0 aliphatic carbocycles. The number of nitrogens with zero attached hydrogens (tertiary/aromatic N) is 1. The maximum Gasteiger partial charge on any atom is 0.408 e. The molecule has 0 fully saturated rings. The van der Waals surface area contributed by atoms with E-state index in [2.05, 4.69) is 11.6 Å². The lowest BCUT2D eigenvalue weighted by molar-refractivity contribution is -0.111. The lowest BCUT2D eigenvalue weighted by atomic mass is 10.1. The summed E-state index contributed by atoms with van der Waals surface area (Å²) in [5.74, 6) is 0. The zero-order valence-corrected chi connectivity index (χ0v) is 11.3. The molecule has 0 aliphatic heterocycles. The smallest absolute Gasteiger partial charge is 0.408 e. The first-order valence-electron chi connectivity index (χ1n) is 5.91. The van der Waals surface area contributed by atoms with E-state index in [4.69, 9.17) is 11.6 Å². The van der Waals surface area contributed by atoms with Crippen LogP contribution in [-0.2, 0) is 4.79 Å². The Hall–Kier alpha value is -2.27. The Kier molecular flexibility index (Phi) is 4.10. The summed E-state index contributed by atoms with van der Waals surface area (Å²) >= 11 is 6.14. The molecule has 2 N–H and O–H groups in total. The van der Waals surface area contributed by atoms with Gasteiger partial charge in [-0.1, -0.05) is 23.7 Å². The quantitative estimate of drug-likeness (QED) is 0.656. The summed E-state index contributed by atoms with van der Waals surface area (Å²) in [5, 5.41) is 10.3. The molecule has 6 heteroatoms. The van der Waals surface area contributed by atoms with Gasteiger partial charge in [-0.2, -0.15) is 0 Å². The third kappa shape index (κ3) is 2.40. The number of H-pyrrole nitrogens is 1. The van der Waals surface area contributed by atoms with E-state index in [1.165, 1.54) is 6.08 Å². The summed E-state index contributed by atoms with van der Waals surface area (Å²) in [4.78, 5) is 26.7. The van der Waals surface area contributed by atoms with E-state index in [0.717, 1.165) is 10.4 Å². The summed E-state index contributed by atoms with van der Waals surface area (Å²) in [7, 11) is 0. The van der Waals surface area contributed by atoms with Gasteiger partial charge in [-0.25, -0.2) is 4.79 Å². The zero-order chi connectivity index (χ0) is 14.7. The van der Waals surface area contributed by atoms with Gasteiger partial charge < -0.3 is 14.9 Å². The number of aromatic nitrogens is 1. The molecule has 0 bridgehead atoms. The van der Waals surface area contributed by atoms with Crippen molar-refractivity contribution >= 4 is 34.9 Å². The van der Waals surface area contributed by atoms with Crippen LogP contribution >= 0.6 is 11.6 Å². The van der Waals surface area contributed by atoms with Gasteiger partial charge in [0, 0.05) is 29.2 Å². The summed E-state index contributed by atoms with van der Waals surface area (Å²) in [6.45, 7) is 3.56. The molecule has 1 aromatic heterocycles. The number of rotatable bonds is 5. The zero-order valence-electron chi connectivity index (χ0n) is 10.5. The monoisotopic (exact) mass is 292 g/mol. The number of carbonyl (C=O) groups is 2. The van der Waals surface area contributed by atoms with Crippen molar-refractivity contribution < 1.29 is 14.7 Å². The lowest BCUT2D eigenvalue weighted by Gasteiger charge is -2.23. The fourth-order valence-corrected chi connectivity index (χ4v) is 2.45. The highest BCUT2D eigenvalue weighted by molar-refractivity contribution is 6.35. The van der Waals surface area contributed by atoms with Crippen LogP contribution in [0.3, 0.4) is 0 Å². The van der Waals surface area contributed by atoms with Crippen molar-refractivity contribution in [2.75, 3.05) is 6.54 Å². The molecule has 20 heavy (non-hydrogen) atoms. The third-order valence-corrected chi connectivity index (χ3v) is 3.36. The fourth-order valence-electron chi connectivity index (χ4n) is 2.16. The molecule has 1 heterocycles. The van der Waals surface area contributed by atoms with Crippen LogP contribution in [0.15, 0.2) is 37.1 Å². The first-order valence-corrected chi connectivity index (χ1v) is 6.29. The second-order valence-corrected chi connectivity index (χ2v) is 4.62. The van der Waals surface area contributed by atoms with E-state index >= 15 is 0 Å². The molecule has 0 spiro atoms. The second kappa shape index (κ2) is 5.79. The van der Waals surface area contributed by atoms with Gasteiger partial charge in [-0.15, -0.1) is 6.58 Å². The second-order valence-electron chi connectivity index (χ2n) is 4.21. The van der Waals surface area contributed by atoms with Gasteiger partial charge in [0.2, 0.25) is 0 Å². The van der Waals surface area contributed by atoms with Crippen molar-refractivity contribution in [3.05, 3.63) is 47.6 Å². The normalized spacial score (nSPS) is 12.1. The van der Waals surface area contributed by atoms with Crippen molar-refractivity contribution in [1.82, 2.24) is 9.88 Å². The van der Waals surface area contributed by atoms with Crippen molar-refractivity contribution in [2.45, 2.75) is 6.04 Å². The molecule has 2 rings (SSSR count). The third-order valence-electron chi connectivity index (χ3n) is 3.04. The molecule has 0 aliphatic rings. The highest BCUT2D eigenvalue weighted by Crippen LogP contribution is 2.32. The Balaban J connectivity index is 2.56. The van der Waals surface area contributed by atoms with Gasteiger partial charge in [0.1, 0.15) is 12.3 Å². The minimum atomic E-state index is -1.19. The minimum Gasteiger partial charge on any atom is -0.465 e. The van der Waals surface area contributed by atoms with Crippen LogP contribution in [-0.4, -0.2) is 33.9 Å². The molecule has 2 aromatic rings. The number of nitrogens with one attached hydrogen (secondary N) is 1. The molecule has 0 saturated heterocycles. The van der Waals surface area contributed by atoms with Crippen molar-refractivity contribution in [2.24, 2.45) is 0 Å².